The first-order valence-electron chi connectivity index (χ1n) is 6.55. The van der Waals surface area contributed by atoms with Crippen molar-refractivity contribution in [2.75, 3.05) is 5.32 Å². The van der Waals surface area contributed by atoms with E-state index in [1.807, 2.05) is 19.1 Å². The lowest BCUT2D eigenvalue weighted by atomic mass is 10.0. The Morgan fingerprint density at radius 1 is 1.05 bits per heavy atom. The lowest BCUT2D eigenvalue weighted by Gasteiger charge is -2.07. The molecule has 1 N–H and O–H groups in total. The van der Waals surface area contributed by atoms with Crippen LogP contribution in [0, 0.1) is 0 Å². The fraction of sp³-hybridized carbons (Fsp3) is 0.312. The molecule has 19 heavy (non-hydrogen) atoms. The second-order valence-corrected chi connectivity index (χ2v) is 4.55. The van der Waals surface area contributed by atoms with Gasteiger partial charge < -0.3 is 5.32 Å². The quantitative estimate of drug-likeness (QED) is 0.872. The highest BCUT2D eigenvalue weighted by Gasteiger charge is 2.02. The highest BCUT2D eigenvalue weighted by atomic mass is 35.5. The Kier molecular flexibility index (Phi) is 5.84. The molecular weight excluding hydrogens is 258 g/mol. The second-order valence-electron chi connectivity index (χ2n) is 4.55. The van der Waals surface area contributed by atoms with Gasteiger partial charge >= 0.3 is 0 Å². The molecule has 0 atom stereocenters. The smallest absolute Gasteiger partial charge is 0.224 e. The van der Waals surface area contributed by atoms with Crippen molar-refractivity contribution in [3.8, 4) is 0 Å². The van der Waals surface area contributed by atoms with E-state index in [1.54, 1.807) is 0 Å². The number of aryl methyl sites for hydroxylation is 1. The molecule has 0 heterocycles. The van der Waals surface area contributed by atoms with Crippen molar-refractivity contribution in [1.82, 2.24) is 0 Å². The Bertz CT molecular complexity index is 566. The topological polar surface area (TPSA) is 29.1 Å². The SMILES string of the molecule is CCCC(=O)Nc1ccc2cc(CC)ccc2c1.Cl. The predicted molar refractivity (Wildman–Crippen MR) is 84.1 cm³/mol. The van der Waals surface area contributed by atoms with Crippen LogP contribution in [0.5, 0.6) is 0 Å². The Hall–Kier alpha value is -1.54. The van der Waals surface area contributed by atoms with Gasteiger partial charge in [-0.15, -0.1) is 12.4 Å². The molecule has 2 rings (SSSR count). The fourth-order valence-corrected chi connectivity index (χ4v) is 2.04. The van der Waals surface area contributed by atoms with E-state index < -0.39 is 0 Å². The van der Waals surface area contributed by atoms with Crippen LogP contribution in [0.2, 0.25) is 0 Å². The molecule has 0 saturated heterocycles. The summed E-state index contributed by atoms with van der Waals surface area (Å²) in [5.41, 5.74) is 2.22. The lowest BCUT2D eigenvalue weighted by Crippen LogP contribution is -2.10. The number of carbonyl (C=O) groups is 1. The van der Waals surface area contributed by atoms with Gasteiger partial charge in [0.2, 0.25) is 5.91 Å². The normalized spacial score (nSPS) is 10.0. The maximum Gasteiger partial charge on any atom is 0.224 e. The van der Waals surface area contributed by atoms with Crippen molar-refractivity contribution >= 4 is 34.8 Å². The molecule has 0 aliphatic rings. The maximum absolute atomic E-state index is 11.5. The molecule has 0 spiro atoms. The third-order valence-corrected chi connectivity index (χ3v) is 3.07. The Balaban J connectivity index is 0.00000180. The first-order valence-corrected chi connectivity index (χ1v) is 6.55. The number of carbonyl (C=O) groups excluding carboxylic acids is 1. The van der Waals surface area contributed by atoms with Crippen LogP contribution in [0.1, 0.15) is 32.3 Å². The van der Waals surface area contributed by atoms with Crippen molar-refractivity contribution in [3.63, 3.8) is 0 Å². The summed E-state index contributed by atoms with van der Waals surface area (Å²) in [7, 11) is 0. The van der Waals surface area contributed by atoms with E-state index in [4.69, 9.17) is 0 Å². The van der Waals surface area contributed by atoms with Crippen molar-refractivity contribution in [3.05, 3.63) is 42.0 Å². The summed E-state index contributed by atoms with van der Waals surface area (Å²) in [5.74, 6) is 0.0852. The molecule has 0 aliphatic carbocycles. The highest BCUT2D eigenvalue weighted by molar-refractivity contribution is 5.94. The van der Waals surface area contributed by atoms with Crippen molar-refractivity contribution in [2.24, 2.45) is 0 Å². The molecule has 0 radical (unpaired) electrons. The van der Waals surface area contributed by atoms with Crippen LogP contribution in [0.3, 0.4) is 0 Å². The van der Waals surface area contributed by atoms with Gasteiger partial charge in [0.1, 0.15) is 0 Å². The van der Waals surface area contributed by atoms with E-state index in [0.717, 1.165) is 18.5 Å². The molecule has 0 unspecified atom stereocenters. The molecule has 2 nitrogen and oxygen atoms in total. The summed E-state index contributed by atoms with van der Waals surface area (Å²) in [6.45, 7) is 4.16. The fourth-order valence-electron chi connectivity index (χ4n) is 2.04. The Morgan fingerprint density at radius 2 is 1.74 bits per heavy atom. The van der Waals surface area contributed by atoms with Gasteiger partial charge in [0.05, 0.1) is 0 Å². The number of fused-ring (bicyclic) bond motifs is 1. The number of benzene rings is 2. The molecular formula is C16H20ClNO. The minimum Gasteiger partial charge on any atom is -0.326 e. The van der Waals surface area contributed by atoms with Gasteiger partial charge in [-0.05, 0) is 41.3 Å². The lowest BCUT2D eigenvalue weighted by molar-refractivity contribution is -0.116. The molecule has 2 aromatic rings. The van der Waals surface area contributed by atoms with Crippen LogP contribution in [0.15, 0.2) is 36.4 Å². The third kappa shape index (κ3) is 3.97. The zero-order chi connectivity index (χ0) is 13.0. The molecule has 3 heteroatoms. The van der Waals surface area contributed by atoms with Gasteiger partial charge in [-0.2, -0.15) is 0 Å². The van der Waals surface area contributed by atoms with Crippen molar-refractivity contribution in [1.29, 1.82) is 0 Å². The monoisotopic (exact) mass is 277 g/mol. The van der Waals surface area contributed by atoms with E-state index in [2.05, 4.69) is 36.5 Å². The third-order valence-electron chi connectivity index (χ3n) is 3.07. The van der Waals surface area contributed by atoms with Crippen LogP contribution in [0.25, 0.3) is 10.8 Å². The van der Waals surface area contributed by atoms with Crippen LogP contribution in [0.4, 0.5) is 5.69 Å². The van der Waals surface area contributed by atoms with Gasteiger partial charge in [-0.1, -0.05) is 38.1 Å². The number of amides is 1. The molecule has 0 saturated carbocycles. The van der Waals surface area contributed by atoms with Gasteiger partial charge in [-0.25, -0.2) is 0 Å². The van der Waals surface area contributed by atoms with E-state index in [-0.39, 0.29) is 18.3 Å². The molecule has 2 aromatic carbocycles. The number of anilines is 1. The first kappa shape index (κ1) is 15.5. The van der Waals surface area contributed by atoms with Crippen LogP contribution in [-0.4, -0.2) is 5.91 Å². The summed E-state index contributed by atoms with van der Waals surface area (Å²) >= 11 is 0. The van der Waals surface area contributed by atoms with Crippen molar-refractivity contribution < 1.29 is 4.79 Å². The van der Waals surface area contributed by atoms with E-state index in [1.165, 1.54) is 16.3 Å². The minimum absolute atomic E-state index is 0. The van der Waals surface area contributed by atoms with Crippen LogP contribution in [-0.2, 0) is 11.2 Å². The summed E-state index contributed by atoms with van der Waals surface area (Å²) in [4.78, 5) is 11.5. The highest BCUT2D eigenvalue weighted by Crippen LogP contribution is 2.21. The molecule has 102 valence electrons. The average molecular weight is 278 g/mol. The first-order chi connectivity index (χ1) is 8.72. The summed E-state index contributed by atoms with van der Waals surface area (Å²) in [5, 5.41) is 5.32. The zero-order valence-corrected chi connectivity index (χ0v) is 12.2. The van der Waals surface area contributed by atoms with E-state index in [0.29, 0.717) is 6.42 Å². The Labute approximate surface area is 120 Å². The van der Waals surface area contributed by atoms with Gasteiger partial charge in [-0.3, -0.25) is 4.79 Å². The van der Waals surface area contributed by atoms with E-state index in [9.17, 15) is 4.79 Å². The number of hydrogen-bond acceptors (Lipinski definition) is 1. The van der Waals surface area contributed by atoms with Crippen LogP contribution < -0.4 is 5.32 Å². The number of rotatable bonds is 4. The number of hydrogen-bond donors (Lipinski definition) is 1. The van der Waals surface area contributed by atoms with Crippen LogP contribution >= 0.6 is 12.4 Å². The second kappa shape index (κ2) is 7.15. The van der Waals surface area contributed by atoms with Gasteiger partial charge in [0.25, 0.3) is 0 Å². The molecule has 0 fully saturated rings. The number of halogens is 1. The number of nitrogens with one attached hydrogen (secondary N) is 1. The molecule has 0 aliphatic heterocycles. The molecule has 0 bridgehead atoms. The standard InChI is InChI=1S/C16H19NO.ClH/c1-3-5-16(18)17-15-9-8-13-10-12(4-2)6-7-14(13)11-15;/h6-11H,3-5H2,1-2H3,(H,17,18);1H. The summed E-state index contributed by atoms with van der Waals surface area (Å²) < 4.78 is 0. The molecule has 0 aromatic heterocycles. The van der Waals surface area contributed by atoms with E-state index >= 15 is 0 Å². The summed E-state index contributed by atoms with van der Waals surface area (Å²) in [6.07, 6.45) is 2.50. The minimum atomic E-state index is 0. The Morgan fingerprint density at radius 3 is 2.42 bits per heavy atom. The summed E-state index contributed by atoms with van der Waals surface area (Å²) in [6, 6.07) is 12.5. The molecule has 1 amide bonds. The maximum atomic E-state index is 11.5. The zero-order valence-electron chi connectivity index (χ0n) is 11.4. The largest absolute Gasteiger partial charge is 0.326 e. The van der Waals surface area contributed by atoms with Crippen molar-refractivity contribution in [2.45, 2.75) is 33.1 Å². The van der Waals surface area contributed by atoms with Gasteiger partial charge in [0.15, 0.2) is 0 Å². The average Bonchev–Trinajstić information content (AvgIpc) is 2.38. The van der Waals surface area contributed by atoms with Gasteiger partial charge in [0, 0.05) is 12.1 Å². The predicted octanol–water partition coefficient (Wildman–Crippen LogP) is 4.56.